The van der Waals surface area contributed by atoms with E-state index in [0.29, 0.717) is 11.5 Å². The lowest BCUT2D eigenvalue weighted by Gasteiger charge is -2.07. The molecule has 0 N–H and O–H groups in total. The largest absolute Gasteiger partial charge is 0.454 e. The maximum Gasteiger partial charge on any atom is 0.231 e. The number of nitriles is 1. The smallest absolute Gasteiger partial charge is 0.231 e. The van der Waals surface area contributed by atoms with Crippen molar-refractivity contribution in [1.82, 2.24) is 0 Å². The standard InChI is InChI=1S/C15H17NO5S/c1-3-22(17,18)14-13(15(14,7-16)8-19-2)10-4-5-11-12(6-10)21-9-20-11/h4-6,13-14H,3,8-9H2,1-2H3/t13-,14+,15-/m0/s1. The zero-order valence-electron chi connectivity index (χ0n) is 12.4. The van der Waals surface area contributed by atoms with Gasteiger partial charge in [0, 0.05) is 18.8 Å². The Bertz CT molecular complexity index is 739. The number of fused-ring (bicyclic) bond motifs is 1. The number of ether oxygens (including phenoxy) is 3. The first-order valence-corrected chi connectivity index (χ1v) is 8.73. The summed E-state index contributed by atoms with van der Waals surface area (Å²) in [6.07, 6.45) is 0. The van der Waals surface area contributed by atoms with Gasteiger partial charge in [0.1, 0.15) is 5.41 Å². The third kappa shape index (κ3) is 2.06. The molecule has 118 valence electrons. The molecule has 1 aliphatic heterocycles. The summed E-state index contributed by atoms with van der Waals surface area (Å²) in [4.78, 5) is 0. The van der Waals surface area contributed by atoms with E-state index < -0.39 is 26.4 Å². The Kier molecular flexibility index (Phi) is 3.54. The van der Waals surface area contributed by atoms with E-state index in [2.05, 4.69) is 6.07 Å². The Balaban J connectivity index is 2.03. The molecule has 1 saturated carbocycles. The normalized spacial score (nSPS) is 29.1. The summed E-state index contributed by atoms with van der Waals surface area (Å²) < 4.78 is 40.5. The molecule has 0 spiro atoms. The summed E-state index contributed by atoms with van der Waals surface area (Å²) in [5.74, 6) is 0.818. The molecule has 0 radical (unpaired) electrons. The molecule has 0 saturated heterocycles. The van der Waals surface area contributed by atoms with Gasteiger partial charge in [-0.15, -0.1) is 0 Å². The number of benzene rings is 1. The number of rotatable bonds is 5. The van der Waals surface area contributed by atoms with Crippen molar-refractivity contribution in [3.63, 3.8) is 0 Å². The second-order valence-electron chi connectivity index (χ2n) is 5.55. The van der Waals surface area contributed by atoms with Gasteiger partial charge >= 0.3 is 0 Å². The van der Waals surface area contributed by atoms with Crippen molar-refractivity contribution >= 4 is 9.84 Å². The van der Waals surface area contributed by atoms with Crippen molar-refractivity contribution in [2.75, 3.05) is 26.3 Å². The quantitative estimate of drug-likeness (QED) is 0.816. The van der Waals surface area contributed by atoms with Crippen LogP contribution in [0.1, 0.15) is 18.4 Å². The molecule has 1 aromatic rings. The molecule has 2 aliphatic rings. The number of hydrogen-bond donors (Lipinski definition) is 0. The van der Waals surface area contributed by atoms with Crippen molar-refractivity contribution in [3.05, 3.63) is 23.8 Å². The van der Waals surface area contributed by atoms with E-state index in [4.69, 9.17) is 14.2 Å². The zero-order chi connectivity index (χ0) is 16.0. The fourth-order valence-electron chi connectivity index (χ4n) is 3.27. The average Bonchev–Trinajstić information content (AvgIpc) is 2.96. The van der Waals surface area contributed by atoms with Crippen molar-refractivity contribution in [2.45, 2.75) is 18.1 Å². The molecule has 1 aromatic carbocycles. The van der Waals surface area contributed by atoms with Gasteiger partial charge in [-0.25, -0.2) is 8.42 Å². The lowest BCUT2D eigenvalue weighted by molar-refractivity contribution is 0.162. The van der Waals surface area contributed by atoms with Crippen LogP contribution in [0, 0.1) is 16.7 Å². The van der Waals surface area contributed by atoms with Crippen molar-refractivity contribution < 1.29 is 22.6 Å². The topological polar surface area (TPSA) is 85.6 Å². The fourth-order valence-corrected chi connectivity index (χ4v) is 5.27. The highest BCUT2D eigenvalue weighted by molar-refractivity contribution is 7.92. The number of sulfone groups is 1. The fraction of sp³-hybridized carbons (Fsp3) is 0.533. The van der Waals surface area contributed by atoms with Crippen LogP contribution >= 0.6 is 0 Å². The first-order valence-electron chi connectivity index (χ1n) is 7.01. The highest BCUT2D eigenvalue weighted by Gasteiger charge is 2.71. The van der Waals surface area contributed by atoms with E-state index in [0.717, 1.165) is 5.56 Å². The van der Waals surface area contributed by atoms with E-state index in [1.54, 1.807) is 25.1 Å². The van der Waals surface area contributed by atoms with E-state index in [9.17, 15) is 13.7 Å². The number of hydrogen-bond acceptors (Lipinski definition) is 6. The highest BCUT2D eigenvalue weighted by Crippen LogP contribution is 2.63. The van der Waals surface area contributed by atoms with Gasteiger partial charge in [-0.05, 0) is 17.7 Å². The summed E-state index contributed by atoms with van der Waals surface area (Å²) in [5, 5.41) is 8.85. The van der Waals surface area contributed by atoms with Crippen LogP contribution in [0.4, 0.5) is 0 Å². The van der Waals surface area contributed by atoms with Crippen molar-refractivity contribution in [2.24, 2.45) is 5.41 Å². The molecule has 1 heterocycles. The average molecular weight is 323 g/mol. The molecule has 1 fully saturated rings. The summed E-state index contributed by atoms with van der Waals surface area (Å²) in [6, 6.07) is 7.50. The Morgan fingerprint density at radius 2 is 2.14 bits per heavy atom. The Hall–Kier alpha value is -1.78. The molecule has 7 heteroatoms. The minimum atomic E-state index is -3.35. The molecule has 3 rings (SSSR count). The van der Waals surface area contributed by atoms with Gasteiger partial charge in [-0.1, -0.05) is 13.0 Å². The van der Waals surface area contributed by atoms with Gasteiger partial charge in [0.2, 0.25) is 6.79 Å². The van der Waals surface area contributed by atoms with E-state index in [1.807, 2.05) is 0 Å². The van der Waals surface area contributed by atoms with E-state index in [1.165, 1.54) is 7.11 Å². The van der Waals surface area contributed by atoms with Gasteiger partial charge < -0.3 is 14.2 Å². The summed E-state index contributed by atoms with van der Waals surface area (Å²) in [6.45, 7) is 1.84. The second-order valence-corrected chi connectivity index (χ2v) is 7.96. The molecule has 0 amide bonds. The molecule has 1 aliphatic carbocycles. The van der Waals surface area contributed by atoms with Gasteiger partial charge in [0.05, 0.1) is 17.9 Å². The van der Waals surface area contributed by atoms with Gasteiger partial charge in [-0.2, -0.15) is 5.26 Å². The summed E-state index contributed by atoms with van der Waals surface area (Å²) in [7, 11) is -1.88. The van der Waals surface area contributed by atoms with Crippen LogP contribution in [0.15, 0.2) is 18.2 Å². The molecular formula is C15H17NO5S. The van der Waals surface area contributed by atoms with E-state index in [-0.39, 0.29) is 19.2 Å². The van der Waals surface area contributed by atoms with Crippen LogP contribution in [0.3, 0.4) is 0 Å². The van der Waals surface area contributed by atoms with Crippen LogP contribution in [0.25, 0.3) is 0 Å². The maximum atomic E-state index is 12.4. The minimum absolute atomic E-state index is 0.00582. The highest BCUT2D eigenvalue weighted by atomic mass is 32.2. The maximum absolute atomic E-state index is 12.4. The third-order valence-corrected chi connectivity index (χ3v) is 6.66. The summed E-state index contributed by atoms with van der Waals surface area (Å²) >= 11 is 0. The Morgan fingerprint density at radius 1 is 1.41 bits per heavy atom. The second kappa shape index (κ2) is 5.14. The van der Waals surface area contributed by atoms with Crippen LogP contribution in [0.5, 0.6) is 11.5 Å². The van der Waals surface area contributed by atoms with Gasteiger partial charge in [0.25, 0.3) is 0 Å². The monoisotopic (exact) mass is 323 g/mol. The molecule has 22 heavy (non-hydrogen) atoms. The first kappa shape index (κ1) is 15.1. The lowest BCUT2D eigenvalue weighted by Crippen LogP contribution is -2.20. The molecule has 3 atom stereocenters. The predicted molar refractivity (Wildman–Crippen MR) is 78.5 cm³/mol. The lowest BCUT2D eigenvalue weighted by atomic mass is 10.0. The SMILES string of the molecule is CCS(=O)(=O)[C@@H]1[C@H](c2ccc3c(c2)OCO3)[C@]1(C#N)COC. The summed E-state index contributed by atoms with van der Waals surface area (Å²) in [5.41, 5.74) is -0.262. The van der Waals surface area contributed by atoms with Crippen LogP contribution < -0.4 is 9.47 Å². The van der Waals surface area contributed by atoms with Crippen molar-refractivity contribution in [3.8, 4) is 17.6 Å². The number of nitrogens with zero attached hydrogens (tertiary/aromatic N) is 1. The van der Waals surface area contributed by atoms with Crippen LogP contribution in [-0.2, 0) is 14.6 Å². The minimum Gasteiger partial charge on any atom is -0.454 e. The van der Waals surface area contributed by atoms with Crippen molar-refractivity contribution in [1.29, 1.82) is 5.26 Å². The van der Waals surface area contributed by atoms with Gasteiger partial charge in [-0.3, -0.25) is 0 Å². The predicted octanol–water partition coefficient (Wildman–Crippen LogP) is 1.47. The Labute approximate surface area is 129 Å². The number of methoxy groups -OCH3 is 1. The van der Waals surface area contributed by atoms with E-state index >= 15 is 0 Å². The zero-order valence-corrected chi connectivity index (χ0v) is 13.2. The molecule has 0 bridgehead atoms. The first-order chi connectivity index (χ1) is 10.5. The Morgan fingerprint density at radius 3 is 2.77 bits per heavy atom. The molecule has 6 nitrogen and oxygen atoms in total. The van der Waals surface area contributed by atoms with Crippen LogP contribution in [0.2, 0.25) is 0 Å². The third-order valence-electron chi connectivity index (χ3n) is 4.39. The molecule has 0 aromatic heterocycles. The molecular weight excluding hydrogens is 306 g/mol. The van der Waals surface area contributed by atoms with Crippen LogP contribution in [-0.4, -0.2) is 39.9 Å². The van der Waals surface area contributed by atoms with Gasteiger partial charge in [0.15, 0.2) is 21.3 Å². The molecule has 0 unspecified atom stereocenters.